The van der Waals surface area contributed by atoms with Gasteiger partial charge >= 0.3 is 0 Å². The fourth-order valence-corrected chi connectivity index (χ4v) is 1.70. The zero-order chi connectivity index (χ0) is 14.8. The average Bonchev–Trinajstić information content (AvgIpc) is 2.81. The van der Waals surface area contributed by atoms with Crippen molar-refractivity contribution in [1.82, 2.24) is 9.97 Å². The molecule has 0 amide bonds. The van der Waals surface area contributed by atoms with Gasteiger partial charge in [0.05, 0.1) is 6.54 Å². The molecule has 108 valence electrons. The zero-order valence-corrected chi connectivity index (χ0v) is 12.3. The number of nitrogens with two attached hydrogens (primary N) is 1. The molecule has 0 bridgehead atoms. The van der Waals surface area contributed by atoms with Crippen molar-refractivity contribution in [2.45, 2.75) is 39.7 Å². The third kappa shape index (κ3) is 3.48. The number of hydrazine groups is 1. The molecular formula is C14H21N5O. The molecule has 0 atom stereocenters. The van der Waals surface area contributed by atoms with Gasteiger partial charge in [-0.05, 0) is 19.1 Å². The minimum absolute atomic E-state index is 0.148. The molecule has 6 nitrogen and oxygen atoms in total. The topological polar surface area (TPSA) is 89.0 Å². The molecule has 20 heavy (non-hydrogen) atoms. The number of hydrogen-bond donors (Lipinski definition) is 3. The lowest BCUT2D eigenvalue weighted by atomic mass is 9.96. The second kappa shape index (κ2) is 5.50. The highest BCUT2D eigenvalue weighted by Crippen LogP contribution is 2.22. The first kappa shape index (κ1) is 14.3. The van der Waals surface area contributed by atoms with Gasteiger partial charge in [-0.1, -0.05) is 20.8 Å². The van der Waals surface area contributed by atoms with Crippen LogP contribution in [0.3, 0.4) is 0 Å². The van der Waals surface area contributed by atoms with Crippen LogP contribution >= 0.6 is 0 Å². The molecule has 2 rings (SSSR count). The van der Waals surface area contributed by atoms with Gasteiger partial charge < -0.3 is 15.2 Å². The summed E-state index contributed by atoms with van der Waals surface area (Å²) in [4.78, 5) is 8.89. The Morgan fingerprint density at radius 2 is 1.90 bits per heavy atom. The minimum atomic E-state index is -0.148. The molecule has 0 saturated heterocycles. The molecule has 0 aromatic carbocycles. The van der Waals surface area contributed by atoms with E-state index in [9.17, 15) is 0 Å². The molecule has 2 aromatic heterocycles. The number of furan rings is 1. The van der Waals surface area contributed by atoms with E-state index in [4.69, 9.17) is 10.3 Å². The minimum Gasteiger partial charge on any atom is -0.465 e. The van der Waals surface area contributed by atoms with Crippen LogP contribution in [0.5, 0.6) is 0 Å². The molecule has 0 spiro atoms. The third-order valence-corrected chi connectivity index (χ3v) is 2.78. The SMILES string of the molecule is Cc1ccc(CNc2cc(NN)nc(C(C)(C)C)n2)o1. The Morgan fingerprint density at radius 1 is 1.20 bits per heavy atom. The fraction of sp³-hybridized carbons (Fsp3) is 0.429. The lowest BCUT2D eigenvalue weighted by Crippen LogP contribution is -2.20. The fourth-order valence-electron chi connectivity index (χ4n) is 1.70. The van der Waals surface area contributed by atoms with Crippen LogP contribution in [-0.2, 0) is 12.0 Å². The van der Waals surface area contributed by atoms with Crippen molar-refractivity contribution in [1.29, 1.82) is 0 Å². The summed E-state index contributed by atoms with van der Waals surface area (Å²) in [7, 11) is 0. The maximum Gasteiger partial charge on any atom is 0.145 e. The van der Waals surface area contributed by atoms with Crippen molar-refractivity contribution in [3.8, 4) is 0 Å². The van der Waals surface area contributed by atoms with Crippen molar-refractivity contribution in [2.75, 3.05) is 10.7 Å². The monoisotopic (exact) mass is 275 g/mol. The second-order valence-corrected chi connectivity index (χ2v) is 5.72. The Kier molecular flexibility index (Phi) is 3.94. The Bertz CT molecular complexity index is 585. The molecule has 0 aliphatic heterocycles. The summed E-state index contributed by atoms with van der Waals surface area (Å²) >= 11 is 0. The lowest BCUT2D eigenvalue weighted by Gasteiger charge is -2.18. The largest absolute Gasteiger partial charge is 0.465 e. The van der Waals surface area contributed by atoms with E-state index in [2.05, 4.69) is 41.5 Å². The Morgan fingerprint density at radius 3 is 2.45 bits per heavy atom. The highest BCUT2D eigenvalue weighted by molar-refractivity contribution is 5.47. The molecule has 2 heterocycles. The Labute approximate surface area is 118 Å². The van der Waals surface area contributed by atoms with Gasteiger partial charge in [-0.2, -0.15) is 0 Å². The molecule has 0 saturated carbocycles. The van der Waals surface area contributed by atoms with Crippen LogP contribution in [0.25, 0.3) is 0 Å². The quantitative estimate of drug-likeness (QED) is 0.587. The molecule has 6 heteroatoms. The van der Waals surface area contributed by atoms with Crippen molar-refractivity contribution < 1.29 is 4.42 Å². The van der Waals surface area contributed by atoms with Crippen LogP contribution in [0.1, 0.15) is 38.1 Å². The molecular weight excluding hydrogens is 254 g/mol. The van der Waals surface area contributed by atoms with Crippen LogP contribution in [0.4, 0.5) is 11.6 Å². The van der Waals surface area contributed by atoms with Crippen molar-refractivity contribution in [3.05, 3.63) is 35.5 Å². The lowest BCUT2D eigenvalue weighted by molar-refractivity contribution is 0.490. The van der Waals surface area contributed by atoms with Gasteiger partial charge in [-0.25, -0.2) is 15.8 Å². The first-order valence-corrected chi connectivity index (χ1v) is 6.54. The number of rotatable bonds is 4. The summed E-state index contributed by atoms with van der Waals surface area (Å²) in [6.07, 6.45) is 0. The first-order valence-electron chi connectivity index (χ1n) is 6.54. The van der Waals surface area contributed by atoms with Gasteiger partial charge in [0.1, 0.15) is 29.0 Å². The highest BCUT2D eigenvalue weighted by Gasteiger charge is 2.19. The number of aromatic nitrogens is 2. The smallest absolute Gasteiger partial charge is 0.145 e. The van der Waals surface area contributed by atoms with E-state index in [0.717, 1.165) is 17.3 Å². The van der Waals surface area contributed by atoms with E-state index in [1.807, 2.05) is 19.1 Å². The maximum absolute atomic E-state index is 5.51. The molecule has 0 unspecified atom stereocenters. The summed E-state index contributed by atoms with van der Waals surface area (Å²) in [6, 6.07) is 5.64. The van der Waals surface area contributed by atoms with E-state index in [0.29, 0.717) is 18.2 Å². The van der Waals surface area contributed by atoms with Crippen LogP contribution in [-0.4, -0.2) is 9.97 Å². The molecule has 0 aliphatic rings. The average molecular weight is 275 g/mol. The van der Waals surface area contributed by atoms with Gasteiger partial charge in [0, 0.05) is 11.5 Å². The van der Waals surface area contributed by atoms with Crippen LogP contribution in [0.15, 0.2) is 22.6 Å². The molecule has 0 fully saturated rings. The molecule has 0 radical (unpaired) electrons. The predicted octanol–water partition coefficient (Wildman–Crippen LogP) is 2.57. The van der Waals surface area contributed by atoms with Crippen LogP contribution in [0.2, 0.25) is 0 Å². The van der Waals surface area contributed by atoms with Gasteiger partial charge in [0.2, 0.25) is 0 Å². The number of nitrogen functional groups attached to an aromatic ring is 1. The number of anilines is 2. The highest BCUT2D eigenvalue weighted by atomic mass is 16.3. The van der Waals surface area contributed by atoms with Crippen LogP contribution in [0, 0.1) is 6.92 Å². The first-order chi connectivity index (χ1) is 9.38. The third-order valence-electron chi connectivity index (χ3n) is 2.78. The van der Waals surface area contributed by atoms with E-state index in [-0.39, 0.29) is 5.41 Å². The number of nitrogens with one attached hydrogen (secondary N) is 2. The van der Waals surface area contributed by atoms with Crippen LogP contribution < -0.4 is 16.6 Å². The van der Waals surface area contributed by atoms with Gasteiger partial charge in [0.15, 0.2) is 0 Å². The van der Waals surface area contributed by atoms with Crippen molar-refractivity contribution >= 4 is 11.6 Å². The van der Waals surface area contributed by atoms with E-state index >= 15 is 0 Å². The standard InChI is InChI=1S/C14H21N5O/c1-9-5-6-10(20-9)8-16-11-7-12(19-15)18-13(17-11)14(2,3)4/h5-7H,8,15H2,1-4H3,(H2,16,17,18,19). The van der Waals surface area contributed by atoms with E-state index in [1.54, 1.807) is 6.07 Å². The number of hydrogen-bond acceptors (Lipinski definition) is 6. The predicted molar refractivity (Wildman–Crippen MR) is 79.3 cm³/mol. The summed E-state index contributed by atoms with van der Waals surface area (Å²) in [6.45, 7) is 8.66. The second-order valence-electron chi connectivity index (χ2n) is 5.72. The van der Waals surface area contributed by atoms with E-state index in [1.165, 1.54) is 0 Å². The summed E-state index contributed by atoms with van der Waals surface area (Å²) in [5.74, 6) is 9.24. The van der Waals surface area contributed by atoms with Crippen molar-refractivity contribution in [3.63, 3.8) is 0 Å². The summed E-state index contributed by atoms with van der Waals surface area (Å²) in [5.41, 5.74) is 2.42. The summed E-state index contributed by atoms with van der Waals surface area (Å²) in [5, 5.41) is 3.22. The van der Waals surface area contributed by atoms with Gasteiger partial charge in [-0.3, -0.25) is 0 Å². The zero-order valence-electron chi connectivity index (χ0n) is 12.3. The molecule has 2 aromatic rings. The normalized spacial score (nSPS) is 11.4. The Hall–Kier alpha value is -2.08. The molecule has 4 N–H and O–H groups in total. The maximum atomic E-state index is 5.51. The van der Waals surface area contributed by atoms with Gasteiger partial charge in [0.25, 0.3) is 0 Å². The van der Waals surface area contributed by atoms with E-state index < -0.39 is 0 Å². The van der Waals surface area contributed by atoms with Crippen molar-refractivity contribution in [2.24, 2.45) is 5.84 Å². The van der Waals surface area contributed by atoms with Gasteiger partial charge in [-0.15, -0.1) is 0 Å². The molecule has 0 aliphatic carbocycles. The number of nitrogens with zero attached hydrogens (tertiary/aromatic N) is 2. The Balaban J connectivity index is 2.18. The summed E-state index contributed by atoms with van der Waals surface area (Å²) < 4.78 is 5.51. The number of aryl methyl sites for hydroxylation is 1.